The van der Waals surface area contributed by atoms with Crippen LogP contribution in [0.25, 0.3) is 0 Å². The summed E-state index contributed by atoms with van der Waals surface area (Å²) in [5, 5.41) is 11.2. The number of benzene rings is 1. The molecule has 0 spiro atoms. The highest BCUT2D eigenvalue weighted by atomic mass is 35.5. The van der Waals surface area contributed by atoms with Crippen LogP contribution in [0.2, 0.25) is 5.02 Å². The maximum absolute atomic E-state index is 13.6. The summed E-state index contributed by atoms with van der Waals surface area (Å²) in [4.78, 5) is 0. The predicted octanol–water partition coefficient (Wildman–Crippen LogP) is 2.56. The first-order valence-electron chi connectivity index (χ1n) is 5.65. The van der Waals surface area contributed by atoms with Crippen LogP contribution in [0.3, 0.4) is 0 Å². The Hall–Kier alpha value is -1.46. The molecular formula is C12H13ClFN3O. The topological polar surface area (TPSA) is 51.0 Å². The molecule has 18 heavy (non-hydrogen) atoms. The average Bonchev–Trinajstić information content (AvgIpc) is 2.79. The lowest BCUT2D eigenvalue weighted by atomic mass is 10.1. The Morgan fingerprint density at radius 2 is 2.11 bits per heavy atom. The molecule has 0 amide bonds. The molecular weight excluding hydrogens is 257 g/mol. The third-order valence-corrected chi connectivity index (χ3v) is 2.78. The van der Waals surface area contributed by atoms with Gasteiger partial charge in [0.1, 0.15) is 5.82 Å². The summed E-state index contributed by atoms with van der Waals surface area (Å²) in [5.41, 5.74) is 0.373. The third kappa shape index (κ3) is 3.05. The largest absolute Gasteiger partial charge is 0.424 e. The van der Waals surface area contributed by atoms with E-state index in [0.29, 0.717) is 28.9 Å². The van der Waals surface area contributed by atoms with Gasteiger partial charge in [-0.2, -0.15) is 0 Å². The van der Waals surface area contributed by atoms with Gasteiger partial charge in [-0.3, -0.25) is 0 Å². The monoisotopic (exact) mass is 269 g/mol. The SMILES string of the molecule is CCNCc1nnc(Cc2c(F)cccc2Cl)o1. The van der Waals surface area contributed by atoms with Crippen LogP contribution in [0.4, 0.5) is 4.39 Å². The van der Waals surface area contributed by atoms with Crippen molar-refractivity contribution in [1.29, 1.82) is 0 Å². The van der Waals surface area contributed by atoms with Crippen LogP contribution < -0.4 is 5.32 Å². The van der Waals surface area contributed by atoms with Crippen molar-refractivity contribution in [3.8, 4) is 0 Å². The summed E-state index contributed by atoms with van der Waals surface area (Å²) in [6.07, 6.45) is 0.199. The molecule has 4 nitrogen and oxygen atoms in total. The van der Waals surface area contributed by atoms with Gasteiger partial charge in [0, 0.05) is 10.6 Å². The van der Waals surface area contributed by atoms with Crippen LogP contribution >= 0.6 is 11.6 Å². The van der Waals surface area contributed by atoms with E-state index >= 15 is 0 Å². The molecule has 0 unspecified atom stereocenters. The number of nitrogens with zero attached hydrogens (tertiary/aromatic N) is 2. The van der Waals surface area contributed by atoms with Gasteiger partial charge in [-0.25, -0.2) is 4.39 Å². The second-order valence-electron chi connectivity index (χ2n) is 3.75. The van der Waals surface area contributed by atoms with E-state index in [1.54, 1.807) is 12.1 Å². The summed E-state index contributed by atoms with van der Waals surface area (Å²) in [6, 6.07) is 4.55. The van der Waals surface area contributed by atoms with Crippen molar-refractivity contribution in [3.63, 3.8) is 0 Å². The molecule has 6 heteroatoms. The van der Waals surface area contributed by atoms with Crippen LogP contribution in [0, 0.1) is 5.82 Å². The first kappa shape index (κ1) is 13.0. The van der Waals surface area contributed by atoms with Crippen LogP contribution in [-0.2, 0) is 13.0 Å². The lowest BCUT2D eigenvalue weighted by molar-refractivity contribution is 0.439. The van der Waals surface area contributed by atoms with Gasteiger partial charge in [0.25, 0.3) is 0 Å². The summed E-state index contributed by atoms with van der Waals surface area (Å²) in [5.74, 6) is 0.475. The van der Waals surface area contributed by atoms with E-state index in [0.717, 1.165) is 6.54 Å². The lowest BCUT2D eigenvalue weighted by Crippen LogP contribution is -2.11. The van der Waals surface area contributed by atoms with Crippen molar-refractivity contribution in [2.45, 2.75) is 19.9 Å². The molecule has 0 aliphatic heterocycles. The second-order valence-corrected chi connectivity index (χ2v) is 4.15. The maximum Gasteiger partial charge on any atom is 0.230 e. The molecule has 2 aromatic rings. The average molecular weight is 270 g/mol. The van der Waals surface area contributed by atoms with Crippen LogP contribution in [0.5, 0.6) is 0 Å². The van der Waals surface area contributed by atoms with E-state index in [9.17, 15) is 4.39 Å². The van der Waals surface area contributed by atoms with Crippen LogP contribution in [0.15, 0.2) is 22.6 Å². The van der Waals surface area contributed by atoms with Gasteiger partial charge in [-0.05, 0) is 18.7 Å². The Bertz CT molecular complexity index is 510. The zero-order chi connectivity index (χ0) is 13.0. The Kier molecular flexibility index (Phi) is 4.28. The summed E-state index contributed by atoms with van der Waals surface area (Å²) in [6.45, 7) is 3.31. The highest BCUT2D eigenvalue weighted by molar-refractivity contribution is 6.31. The third-order valence-electron chi connectivity index (χ3n) is 2.42. The van der Waals surface area contributed by atoms with Crippen molar-refractivity contribution >= 4 is 11.6 Å². The number of halogens is 2. The van der Waals surface area contributed by atoms with Gasteiger partial charge in [-0.15, -0.1) is 10.2 Å². The minimum atomic E-state index is -0.367. The van der Waals surface area contributed by atoms with E-state index in [1.807, 2.05) is 6.92 Å². The number of hydrogen-bond donors (Lipinski definition) is 1. The molecule has 1 heterocycles. The number of nitrogens with one attached hydrogen (secondary N) is 1. The van der Waals surface area contributed by atoms with Crippen molar-refractivity contribution in [2.75, 3.05) is 6.54 Å². The quantitative estimate of drug-likeness (QED) is 0.906. The molecule has 0 fully saturated rings. The van der Waals surface area contributed by atoms with Gasteiger partial charge in [-0.1, -0.05) is 24.6 Å². The molecule has 0 atom stereocenters. The molecule has 1 aromatic heterocycles. The fourth-order valence-corrected chi connectivity index (χ4v) is 1.75. The van der Waals surface area contributed by atoms with E-state index in [1.165, 1.54) is 6.07 Å². The molecule has 0 radical (unpaired) electrons. The Morgan fingerprint density at radius 1 is 1.33 bits per heavy atom. The van der Waals surface area contributed by atoms with Gasteiger partial charge < -0.3 is 9.73 Å². The Labute approximate surface area is 109 Å². The van der Waals surface area contributed by atoms with Crippen LogP contribution in [0.1, 0.15) is 24.3 Å². The molecule has 0 aliphatic rings. The maximum atomic E-state index is 13.6. The van der Waals surface area contributed by atoms with Crippen molar-refractivity contribution < 1.29 is 8.81 Å². The molecule has 0 aliphatic carbocycles. The summed E-state index contributed by atoms with van der Waals surface area (Å²) >= 11 is 5.93. The molecule has 96 valence electrons. The van der Waals surface area contributed by atoms with Gasteiger partial charge >= 0.3 is 0 Å². The Balaban J connectivity index is 2.11. The molecule has 0 bridgehead atoms. The minimum Gasteiger partial charge on any atom is -0.424 e. The Morgan fingerprint density at radius 3 is 2.83 bits per heavy atom. The molecule has 0 saturated carbocycles. The fourth-order valence-electron chi connectivity index (χ4n) is 1.52. The molecule has 1 aromatic carbocycles. The van der Waals surface area contributed by atoms with E-state index in [4.69, 9.17) is 16.0 Å². The second kappa shape index (κ2) is 5.93. The normalized spacial score (nSPS) is 10.8. The van der Waals surface area contributed by atoms with Crippen molar-refractivity contribution in [2.24, 2.45) is 0 Å². The number of rotatable bonds is 5. The van der Waals surface area contributed by atoms with Gasteiger partial charge in [0.2, 0.25) is 11.8 Å². The fraction of sp³-hybridized carbons (Fsp3) is 0.333. The van der Waals surface area contributed by atoms with E-state index in [2.05, 4.69) is 15.5 Å². The highest BCUT2D eigenvalue weighted by Crippen LogP contribution is 2.21. The van der Waals surface area contributed by atoms with Crippen LogP contribution in [-0.4, -0.2) is 16.7 Å². The van der Waals surface area contributed by atoms with Gasteiger partial charge in [0.15, 0.2) is 0 Å². The highest BCUT2D eigenvalue weighted by Gasteiger charge is 2.12. The minimum absolute atomic E-state index is 0.199. The zero-order valence-electron chi connectivity index (χ0n) is 9.91. The van der Waals surface area contributed by atoms with E-state index in [-0.39, 0.29) is 12.2 Å². The van der Waals surface area contributed by atoms with Crippen molar-refractivity contribution in [1.82, 2.24) is 15.5 Å². The zero-order valence-corrected chi connectivity index (χ0v) is 10.7. The summed E-state index contributed by atoms with van der Waals surface area (Å²) in [7, 11) is 0. The molecule has 0 saturated heterocycles. The molecule has 2 rings (SSSR count). The van der Waals surface area contributed by atoms with E-state index < -0.39 is 0 Å². The van der Waals surface area contributed by atoms with Crippen molar-refractivity contribution in [3.05, 3.63) is 46.4 Å². The lowest BCUT2D eigenvalue weighted by Gasteiger charge is -2.02. The predicted molar refractivity (Wildman–Crippen MR) is 65.9 cm³/mol. The smallest absolute Gasteiger partial charge is 0.230 e. The number of hydrogen-bond acceptors (Lipinski definition) is 4. The van der Waals surface area contributed by atoms with Gasteiger partial charge in [0.05, 0.1) is 13.0 Å². The first-order valence-corrected chi connectivity index (χ1v) is 6.03. The standard InChI is InChI=1S/C12H13ClFN3O/c1-2-15-7-12-17-16-11(18-12)6-8-9(13)4-3-5-10(8)14/h3-5,15H,2,6-7H2,1H3. The summed E-state index contributed by atoms with van der Waals surface area (Å²) < 4.78 is 18.9. The molecule has 1 N–H and O–H groups in total. The first-order chi connectivity index (χ1) is 8.70. The number of aromatic nitrogens is 2.